The molecule has 0 aliphatic heterocycles. The lowest BCUT2D eigenvalue weighted by molar-refractivity contribution is 0.613. The molecule has 106 valence electrons. The van der Waals surface area contributed by atoms with Crippen LogP contribution in [0.15, 0.2) is 24.3 Å². The van der Waals surface area contributed by atoms with E-state index in [0.717, 1.165) is 0 Å². The fourth-order valence-corrected chi connectivity index (χ4v) is 1.75. The van der Waals surface area contributed by atoms with Gasteiger partial charge in [-0.05, 0) is 6.07 Å². The topological polar surface area (TPSA) is 67.1 Å². The quantitative estimate of drug-likeness (QED) is 0.849. The van der Waals surface area contributed by atoms with Gasteiger partial charge in [-0.2, -0.15) is 9.97 Å². The summed E-state index contributed by atoms with van der Waals surface area (Å²) in [5.41, 5.74) is 6.59. The second-order valence-electron chi connectivity index (χ2n) is 4.42. The average molecular weight is 296 g/mol. The van der Waals surface area contributed by atoms with Crippen LogP contribution in [0.3, 0.4) is 0 Å². The summed E-state index contributed by atoms with van der Waals surface area (Å²) < 4.78 is 13.5. The Bertz CT molecular complexity index is 618. The Morgan fingerprint density at radius 3 is 2.65 bits per heavy atom. The largest absolute Gasteiger partial charge is 0.393 e. The van der Waals surface area contributed by atoms with Crippen LogP contribution in [0.5, 0.6) is 0 Å². The number of benzene rings is 1. The molecule has 0 aliphatic carbocycles. The fourth-order valence-electron chi connectivity index (χ4n) is 1.59. The molecular weight excluding hydrogens is 281 g/mol. The summed E-state index contributed by atoms with van der Waals surface area (Å²) in [4.78, 5) is 10.0. The van der Waals surface area contributed by atoms with Crippen molar-refractivity contribution in [2.45, 2.75) is 6.54 Å². The number of nitrogen functional groups attached to an aromatic ring is 1. The number of halogens is 2. The monoisotopic (exact) mass is 295 g/mol. The van der Waals surface area contributed by atoms with Crippen LogP contribution in [0.4, 0.5) is 21.8 Å². The van der Waals surface area contributed by atoms with Crippen LogP contribution in [0.25, 0.3) is 0 Å². The van der Waals surface area contributed by atoms with Crippen molar-refractivity contribution in [2.24, 2.45) is 0 Å². The highest BCUT2D eigenvalue weighted by Crippen LogP contribution is 2.26. The summed E-state index contributed by atoms with van der Waals surface area (Å²) in [6.07, 6.45) is 0. The SMILES string of the molecule is CN(C)c1nc(Cl)c(N)c(NCc2ccccc2F)n1. The van der Waals surface area contributed by atoms with E-state index in [1.54, 1.807) is 37.2 Å². The third-order valence-corrected chi connectivity index (χ3v) is 2.98. The Labute approximate surface area is 121 Å². The normalized spacial score (nSPS) is 10.4. The van der Waals surface area contributed by atoms with Crippen LogP contribution >= 0.6 is 11.6 Å². The number of hydrogen-bond acceptors (Lipinski definition) is 5. The van der Waals surface area contributed by atoms with Crippen LogP contribution in [0.1, 0.15) is 5.56 Å². The Morgan fingerprint density at radius 1 is 1.30 bits per heavy atom. The molecule has 5 nitrogen and oxygen atoms in total. The van der Waals surface area contributed by atoms with Crippen LogP contribution in [0.2, 0.25) is 5.15 Å². The molecule has 20 heavy (non-hydrogen) atoms. The van der Waals surface area contributed by atoms with Gasteiger partial charge in [0, 0.05) is 26.2 Å². The lowest BCUT2D eigenvalue weighted by atomic mass is 10.2. The molecule has 0 aliphatic rings. The smallest absolute Gasteiger partial charge is 0.228 e. The molecule has 0 saturated carbocycles. The van der Waals surface area contributed by atoms with E-state index in [-0.39, 0.29) is 23.2 Å². The highest BCUT2D eigenvalue weighted by Gasteiger charge is 2.12. The molecule has 0 fully saturated rings. The van der Waals surface area contributed by atoms with Gasteiger partial charge in [-0.1, -0.05) is 29.8 Å². The van der Waals surface area contributed by atoms with Gasteiger partial charge in [0.15, 0.2) is 11.0 Å². The van der Waals surface area contributed by atoms with Crippen LogP contribution in [-0.2, 0) is 6.54 Å². The number of aromatic nitrogens is 2. The van der Waals surface area contributed by atoms with Gasteiger partial charge in [0.25, 0.3) is 0 Å². The highest BCUT2D eigenvalue weighted by molar-refractivity contribution is 6.32. The van der Waals surface area contributed by atoms with Crippen molar-refractivity contribution in [3.63, 3.8) is 0 Å². The predicted octanol–water partition coefficient (Wildman–Crippen LogP) is 2.53. The minimum Gasteiger partial charge on any atom is -0.393 e. The van der Waals surface area contributed by atoms with E-state index in [1.807, 2.05) is 0 Å². The summed E-state index contributed by atoms with van der Waals surface area (Å²) in [5.74, 6) is 0.531. The van der Waals surface area contributed by atoms with Crippen molar-refractivity contribution >= 4 is 29.1 Å². The Balaban J connectivity index is 2.23. The number of nitrogens with one attached hydrogen (secondary N) is 1. The van der Waals surface area contributed by atoms with Crippen LogP contribution in [0, 0.1) is 5.82 Å². The Kier molecular flexibility index (Phi) is 4.24. The number of anilines is 3. The molecular formula is C13H15ClFN5. The molecule has 0 unspecified atom stereocenters. The van der Waals surface area contributed by atoms with Crippen molar-refractivity contribution in [2.75, 3.05) is 30.0 Å². The average Bonchev–Trinajstić information content (AvgIpc) is 2.41. The lowest BCUT2D eigenvalue weighted by Gasteiger charge is -2.15. The van der Waals surface area contributed by atoms with E-state index < -0.39 is 0 Å². The first-order valence-corrected chi connectivity index (χ1v) is 6.34. The molecule has 2 rings (SSSR count). The Hall–Kier alpha value is -2.08. The van der Waals surface area contributed by atoms with Gasteiger partial charge >= 0.3 is 0 Å². The first-order chi connectivity index (χ1) is 9.49. The molecule has 3 N–H and O–H groups in total. The van der Waals surface area contributed by atoms with Crippen molar-refractivity contribution in [1.82, 2.24) is 9.97 Å². The third-order valence-electron chi connectivity index (χ3n) is 2.69. The molecule has 0 radical (unpaired) electrons. The lowest BCUT2D eigenvalue weighted by Crippen LogP contribution is -2.15. The van der Waals surface area contributed by atoms with Gasteiger partial charge in [-0.15, -0.1) is 0 Å². The summed E-state index contributed by atoms with van der Waals surface area (Å²) >= 11 is 5.96. The van der Waals surface area contributed by atoms with Gasteiger partial charge in [-0.3, -0.25) is 0 Å². The molecule has 0 saturated heterocycles. The zero-order chi connectivity index (χ0) is 14.7. The van der Waals surface area contributed by atoms with Crippen molar-refractivity contribution in [3.05, 3.63) is 40.8 Å². The molecule has 0 bridgehead atoms. The molecule has 0 amide bonds. The molecule has 0 spiro atoms. The molecule has 1 heterocycles. The van der Waals surface area contributed by atoms with E-state index in [0.29, 0.717) is 17.3 Å². The number of rotatable bonds is 4. The van der Waals surface area contributed by atoms with E-state index in [2.05, 4.69) is 15.3 Å². The van der Waals surface area contributed by atoms with E-state index in [9.17, 15) is 4.39 Å². The zero-order valence-electron chi connectivity index (χ0n) is 11.2. The maximum absolute atomic E-state index is 13.5. The van der Waals surface area contributed by atoms with Crippen LogP contribution in [-0.4, -0.2) is 24.1 Å². The van der Waals surface area contributed by atoms with E-state index in [1.165, 1.54) is 6.07 Å². The first kappa shape index (κ1) is 14.3. The first-order valence-electron chi connectivity index (χ1n) is 5.96. The van der Waals surface area contributed by atoms with Crippen molar-refractivity contribution < 1.29 is 4.39 Å². The maximum Gasteiger partial charge on any atom is 0.228 e. The van der Waals surface area contributed by atoms with Gasteiger partial charge in [0.2, 0.25) is 5.95 Å². The van der Waals surface area contributed by atoms with E-state index >= 15 is 0 Å². The number of nitrogens with zero attached hydrogens (tertiary/aromatic N) is 3. The number of nitrogens with two attached hydrogens (primary N) is 1. The second-order valence-corrected chi connectivity index (χ2v) is 4.77. The van der Waals surface area contributed by atoms with Gasteiger partial charge in [0.05, 0.1) is 0 Å². The van der Waals surface area contributed by atoms with Gasteiger partial charge < -0.3 is 16.0 Å². The highest BCUT2D eigenvalue weighted by atomic mass is 35.5. The summed E-state index contributed by atoms with van der Waals surface area (Å²) in [6, 6.07) is 6.49. The predicted molar refractivity (Wildman–Crippen MR) is 79.5 cm³/mol. The van der Waals surface area contributed by atoms with Crippen molar-refractivity contribution in [3.8, 4) is 0 Å². The second kappa shape index (κ2) is 5.92. The number of hydrogen-bond donors (Lipinski definition) is 2. The van der Waals surface area contributed by atoms with E-state index in [4.69, 9.17) is 17.3 Å². The summed E-state index contributed by atoms with van der Waals surface area (Å²) in [5, 5.41) is 3.15. The third kappa shape index (κ3) is 3.08. The maximum atomic E-state index is 13.5. The molecule has 7 heteroatoms. The molecule has 2 aromatic rings. The van der Waals surface area contributed by atoms with Gasteiger partial charge in [-0.25, -0.2) is 4.39 Å². The summed E-state index contributed by atoms with van der Waals surface area (Å²) in [7, 11) is 3.59. The zero-order valence-corrected chi connectivity index (χ0v) is 11.9. The minimum absolute atomic E-state index is 0.166. The molecule has 1 aromatic carbocycles. The molecule has 0 atom stereocenters. The van der Waals surface area contributed by atoms with Gasteiger partial charge in [0.1, 0.15) is 11.5 Å². The standard InChI is InChI=1S/C13H15ClFN5/c1-20(2)13-18-11(14)10(16)12(19-13)17-7-8-5-3-4-6-9(8)15/h3-6H,7,16H2,1-2H3,(H,17,18,19). The summed E-state index contributed by atoms with van der Waals surface area (Å²) in [6.45, 7) is 0.261. The minimum atomic E-state index is -0.286. The van der Waals surface area contributed by atoms with Crippen LogP contribution < -0.4 is 16.0 Å². The fraction of sp³-hybridized carbons (Fsp3) is 0.231. The van der Waals surface area contributed by atoms with Crippen molar-refractivity contribution in [1.29, 1.82) is 0 Å². The molecule has 1 aromatic heterocycles. The Morgan fingerprint density at radius 2 is 2.00 bits per heavy atom.